The van der Waals surface area contributed by atoms with E-state index in [4.69, 9.17) is 0 Å². The molecule has 0 fully saturated rings. The fourth-order valence-corrected chi connectivity index (χ4v) is 9.06. The maximum absolute atomic E-state index is 10.1. The maximum atomic E-state index is 10.1. The number of nitriles is 3. The molecule has 7 aromatic carbocycles. The Balaban J connectivity index is 1.27. The first-order chi connectivity index (χ1) is 24.6. The lowest BCUT2D eigenvalue weighted by Gasteiger charge is -2.14. The van der Waals surface area contributed by atoms with Gasteiger partial charge in [0.05, 0.1) is 34.9 Å². The Hall–Kier alpha value is -6.55. The van der Waals surface area contributed by atoms with Crippen LogP contribution >= 0.6 is 22.7 Å². The maximum Gasteiger partial charge on any atom is 0.0992 e. The minimum Gasteiger partial charge on any atom is -0.192 e. The summed E-state index contributed by atoms with van der Waals surface area (Å²) in [6.45, 7) is 0. The first-order valence-corrected chi connectivity index (χ1v) is 17.7. The van der Waals surface area contributed by atoms with E-state index in [1.165, 1.54) is 40.3 Å². The molecular weight excluding hydrogens is 647 g/mol. The quantitative estimate of drug-likeness (QED) is 0.187. The predicted molar refractivity (Wildman–Crippen MR) is 208 cm³/mol. The molecule has 3 nitrogen and oxygen atoms in total. The number of nitrogens with zero attached hydrogens (tertiary/aromatic N) is 3. The van der Waals surface area contributed by atoms with Gasteiger partial charge in [-0.1, -0.05) is 48.5 Å². The van der Waals surface area contributed by atoms with Crippen molar-refractivity contribution in [2.75, 3.05) is 0 Å². The van der Waals surface area contributed by atoms with Gasteiger partial charge in [0.15, 0.2) is 0 Å². The molecule has 2 aromatic heterocycles. The van der Waals surface area contributed by atoms with Gasteiger partial charge in [0, 0.05) is 40.3 Å². The summed E-state index contributed by atoms with van der Waals surface area (Å²) < 4.78 is 5.05. The summed E-state index contributed by atoms with van der Waals surface area (Å²) in [6, 6.07) is 54.7. The molecule has 0 atom stereocenters. The smallest absolute Gasteiger partial charge is 0.0992 e. The van der Waals surface area contributed by atoms with Crippen LogP contribution in [0.1, 0.15) is 16.7 Å². The lowest BCUT2D eigenvalue weighted by atomic mass is 9.90. The standard InChI is InChI=1S/C45H23N3S2/c46-24-27-13-28(25-47)15-32(14-27)33-16-29(26-48)17-34(18-33)37-20-35(30-9-11-44-40(22-30)38-5-1-3-7-42(38)49-44)19-36(21-37)31-10-12-45-41(23-31)39-6-2-4-8-43(39)50-45/h1-23H. The number of fused-ring (bicyclic) bond motifs is 6. The van der Waals surface area contributed by atoms with Crippen LogP contribution in [0.25, 0.3) is 84.9 Å². The molecule has 0 spiro atoms. The zero-order valence-corrected chi connectivity index (χ0v) is 28.1. The molecule has 2 heterocycles. The molecule has 5 heteroatoms. The van der Waals surface area contributed by atoms with Crippen molar-refractivity contribution < 1.29 is 0 Å². The highest BCUT2D eigenvalue weighted by molar-refractivity contribution is 7.26. The van der Waals surface area contributed by atoms with E-state index in [1.807, 2.05) is 40.9 Å². The zero-order chi connectivity index (χ0) is 33.8. The normalized spacial score (nSPS) is 11.1. The van der Waals surface area contributed by atoms with Crippen molar-refractivity contribution in [1.82, 2.24) is 0 Å². The third-order valence-electron chi connectivity index (χ3n) is 9.27. The van der Waals surface area contributed by atoms with Crippen LogP contribution in [-0.2, 0) is 0 Å². The summed E-state index contributed by atoms with van der Waals surface area (Å²) >= 11 is 3.61. The highest BCUT2D eigenvalue weighted by Crippen LogP contribution is 2.41. The second-order valence-corrected chi connectivity index (χ2v) is 14.5. The molecule has 0 aliphatic heterocycles. The minimum absolute atomic E-state index is 0.403. The lowest BCUT2D eigenvalue weighted by molar-refractivity contribution is 1.44. The lowest BCUT2D eigenvalue weighted by Crippen LogP contribution is -1.90. The summed E-state index contributed by atoms with van der Waals surface area (Å²) in [7, 11) is 0. The Labute approximate surface area is 296 Å². The number of hydrogen-bond acceptors (Lipinski definition) is 5. The zero-order valence-electron chi connectivity index (χ0n) is 26.4. The molecule has 230 valence electrons. The van der Waals surface area contributed by atoms with E-state index in [1.54, 1.807) is 18.2 Å². The van der Waals surface area contributed by atoms with E-state index < -0.39 is 0 Å². The third-order valence-corrected chi connectivity index (χ3v) is 11.6. The number of rotatable bonds is 4. The summed E-state index contributed by atoms with van der Waals surface area (Å²) in [5, 5.41) is 34.4. The molecule has 0 aliphatic carbocycles. The Kier molecular flexibility index (Phi) is 7.01. The van der Waals surface area contributed by atoms with E-state index in [-0.39, 0.29) is 0 Å². The van der Waals surface area contributed by atoms with Gasteiger partial charge >= 0.3 is 0 Å². The summed E-state index contributed by atoms with van der Waals surface area (Å²) in [5.74, 6) is 0. The molecule has 50 heavy (non-hydrogen) atoms. The summed E-state index contributed by atoms with van der Waals surface area (Å²) in [4.78, 5) is 0. The van der Waals surface area contributed by atoms with Gasteiger partial charge in [-0.25, -0.2) is 0 Å². The van der Waals surface area contributed by atoms with Gasteiger partial charge < -0.3 is 0 Å². The Morgan fingerprint density at radius 3 is 1.08 bits per heavy atom. The highest BCUT2D eigenvalue weighted by Gasteiger charge is 2.14. The van der Waals surface area contributed by atoms with Crippen LogP contribution in [0.5, 0.6) is 0 Å². The van der Waals surface area contributed by atoms with Crippen LogP contribution in [0.15, 0.2) is 140 Å². The first kappa shape index (κ1) is 29.6. The molecule has 9 aromatic rings. The summed E-state index contributed by atoms with van der Waals surface area (Å²) in [6.07, 6.45) is 0. The second kappa shape index (κ2) is 11.9. The van der Waals surface area contributed by atoms with Crippen LogP contribution in [0.2, 0.25) is 0 Å². The van der Waals surface area contributed by atoms with Gasteiger partial charge in [-0.15, -0.1) is 22.7 Å². The first-order valence-electron chi connectivity index (χ1n) is 16.1. The monoisotopic (exact) mass is 669 g/mol. The molecule has 0 saturated heterocycles. The molecular formula is C45H23N3S2. The fourth-order valence-electron chi connectivity index (χ4n) is 6.89. The van der Waals surface area contributed by atoms with Crippen molar-refractivity contribution in [3.63, 3.8) is 0 Å². The van der Waals surface area contributed by atoms with E-state index in [2.05, 4.69) is 121 Å². The van der Waals surface area contributed by atoms with Gasteiger partial charge in [0.25, 0.3) is 0 Å². The Bertz CT molecular complexity index is 2810. The average Bonchev–Trinajstić information content (AvgIpc) is 3.75. The summed E-state index contributed by atoms with van der Waals surface area (Å²) in [5.41, 5.74) is 9.04. The van der Waals surface area contributed by atoms with E-state index in [0.717, 1.165) is 44.5 Å². The van der Waals surface area contributed by atoms with Crippen molar-refractivity contribution in [2.45, 2.75) is 0 Å². The Morgan fingerprint density at radius 1 is 0.300 bits per heavy atom. The van der Waals surface area contributed by atoms with Gasteiger partial charge in [-0.05, 0) is 136 Å². The highest BCUT2D eigenvalue weighted by atomic mass is 32.1. The van der Waals surface area contributed by atoms with Crippen molar-refractivity contribution >= 4 is 63.0 Å². The minimum atomic E-state index is 0.403. The van der Waals surface area contributed by atoms with Crippen molar-refractivity contribution in [3.05, 3.63) is 156 Å². The fraction of sp³-hybridized carbons (Fsp3) is 0. The third kappa shape index (κ3) is 5.09. The predicted octanol–water partition coefficient (Wildman–Crippen LogP) is 12.7. The van der Waals surface area contributed by atoms with Crippen molar-refractivity contribution in [1.29, 1.82) is 15.8 Å². The number of hydrogen-bond donors (Lipinski definition) is 0. The molecule has 0 saturated carbocycles. The number of thiophene rings is 2. The molecule has 0 unspecified atom stereocenters. The molecule has 0 aliphatic rings. The molecule has 0 bridgehead atoms. The Morgan fingerprint density at radius 2 is 0.640 bits per heavy atom. The van der Waals surface area contributed by atoms with E-state index in [9.17, 15) is 15.8 Å². The molecule has 0 amide bonds. The number of benzene rings is 7. The van der Waals surface area contributed by atoms with Crippen LogP contribution in [-0.4, -0.2) is 0 Å². The van der Waals surface area contributed by atoms with Gasteiger partial charge in [0.1, 0.15) is 0 Å². The topological polar surface area (TPSA) is 71.4 Å². The molecule has 0 radical (unpaired) electrons. The SMILES string of the molecule is N#Cc1cc(C#N)cc(-c2cc(C#N)cc(-c3cc(-c4ccc5sc6ccccc6c5c4)cc(-c4ccc5sc6ccccc6c5c4)c3)c2)c1. The van der Waals surface area contributed by atoms with Crippen molar-refractivity contribution in [2.24, 2.45) is 0 Å². The van der Waals surface area contributed by atoms with Crippen LogP contribution in [0.3, 0.4) is 0 Å². The van der Waals surface area contributed by atoms with Crippen LogP contribution in [0.4, 0.5) is 0 Å². The largest absolute Gasteiger partial charge is 0.192 e. The van der Waals surface area contributed by atoms with Crippen molar-refractivity contribution in [3.8, 4) is 62.7 Å². The molecule has 9 rings (SSSR count). The van der Waals surface area contributed by atoms with E-state index in [0.29, 0.717) is 16.7 Å². The molecule has 0 N–H and O–H groups in total. The van der Waals surface area contributed by atoms with Gasteiger partial charge in [-0.3, -0.25) is 0 Å². The van der Waals surface area contributed by atoms with Gasteiger partial charge in [-0.2, -0.15) is 15.8 Å². The van der Waals surface area contributed by atoms with Crippen LogP contribution < -0.4 is 0 Å². The average molecular weight is 670 g/mol. The second-order valence-electron chi connectivity index (χ2n) is 12.4. The van der Waals surface area contributed by atoms with Crippen LogP contribution in [0, 0.1) is 34.0 Å². The van der Waals surface area contributed by atoms with Gasteiger partial charge in [0.2, 0.25) is 0 Å². The van der Waals surface area contributed by atoms with E-state index >= 15 is 0 Å².